The molecule has 0 aromatic carbocycles. The van der Waals surface area contributed by atoms with Crippen LogP contribution in [0, 0.1) is 12.2 Å². The molecule has 0 saturated carbocycles. The predicted molar refractivity (Wildman–Crippen MR) is 31.4 cm³/mol. The van der Waals surface area contributed by atoms with Crippen molar-refractivity contribution in [3.63, 3.8) is 0 Å². The second-order valence-corrected chi connectivity index (χ2v) is 1.28. The van der Waals surface area contributed by atoms with Gasteiger partial charge >= 0.3 is 0 Å². The molecule has 2 radical (unpaired) electrons. The molecule has 1 rings (SSSR count). The summed E-state index contributed by atoms with van der Waals surface area (Å²) in [7, 11) is 0. The Morgan fingerprint density at radius 3 is 2.10 bits per heavy atom. The molecule has 1 heterocycles. The van der Waals surface area contributed by atoms with Crippen LogP contribution < -0.4 is 4.98 Å². The summed E-state index contributed by atoms with van der Waals surface area (Å²) in [5, 5.41) is 0. The van der Waals surface area contributed by atoms with Gasteiger partial charge in [-0.05, 0) is 0 Å². The molecule has 0 unspecified atom stereocenters. The monoisotopic (exact) mass is 438 g/mol. The Bertz CT molecular complexity index is 161. The van der Waals surface area contributed by atoms with Crippen LogP contribution in [-0.4, -0.2) is 4.98 Å². The first kappa shape index (κ1) is 22.6. The van der Waals surface area contributed by atoms with Gasteiger partial charge in [0, 0.05) is 77.1 Å². The molecule has 0 saturated heterocycles. The first-order chi connectivity index (χ1) is 2.89. The van der Waals surface area contributed by atoms with E-state index in [-0.39, 0.29) is 79.8 Å². The zero-order chi connectivity index (χ0) is 4.41. The molecule has 0 spiro atoms. The van der Waals surface area contributed by atoms with Crippen LogP contribution in [0.2, 0.25) is 0 Å². The molecule has 0 fully saturated rings. The average Bonchev–Trinajstić information content (AvgIpc) is 1.86. The quantitative estimate of drug-likeness (QED) is 0.487. The maximum absolute atomic E-state index is 4.58. The molecule has 2 nitrogen and oxygen atoms in total. The minimum atomic E-state index is 0. The van der Waals surface area contributed by atoms with Gasteiger partial charge in [0.2, 0.25) is 0 Å². The van der Waals surface area contributed by atoms with E-state index in [2.05, 4.69) is 22.2 Å². The molecular weight excluding hydrogens is 432 g/mol. The molecule has 1 aromatic rings. The van der Waals surface area contributed by atoms with E-state index < -0.39 is 0 Å². The Balaban J connectivity index is -0.0000000450. The summed E-state index contributed by atoms with van der Waals surface area (Å²) in [5.74, 6) is 0. The molecule has 10 heavy (non-hydrogen) atoms. The van der Waals surface area contributed by atoms with Crippen LogP contribution in [0.4, 0.5) is 0 Å². The van der Waals surface area contributed by atoms with Gasteiger partial charge in [-0.1, -0.05) is 24.6 Å². The largest absolute Gasteiger partial charge is 0.454 e. The third-order valence-electron chi connectivity index (χ3n) is 0.473. The second kappa shape index (κ2) is 13.4. The first-order valence-electron chi connectivity index (χ1n) is 1.56. The second-order valence-electron chi connectivity index (χ2n) is 0.894. The summed E-state index contributed by atoms with van der Waals surface area (Å²) < 4.78 is 0.551. The van der Waals surface area contributed by atoms with Gasteiger partial charge in [0.15, 0.2) is 0 Å². The Hall–Kier alpha value is 1.81. The number of hydrogen-bond donors (Lipinski definition) is 1. The van der Waals surface area contributed by atoms with Crippen molar-refractivity contribution in [1.29, 1.82) is 0 Å². The minimum Gasteiger partial charge on any atom is -0.454 e. The summed E-state index contributed by atoms with van der Waals surface area (Å²) in [6, 6.07) is 0. The van der Waals surface area contributed by atoms with Crippen molar-refractivity contribution < 1.29 is 72.3 Å². The van der Waals surface area contributed by atoms with Crippen LogP contribution in [0.3, 0.4) is 0 Å². The topological polar surface area (TPSA) is 29.9 Å². The summed E-state index contributed by atoms with van der Waals surface area (Å²) in [5.41, 5.74) is 0. The van der Waals surface area contributed by atoms with E-state index in [9.17, 15) is 0 Å². The molecule has 0 aliphatic carbocycles. The average molecular weight is 438 g/mol. The standard InChI is InChI=1S/C3H4N2S.CH3.V.W.Y/c6-3-4-1-2-5-3;;;;/h1-2H,(H2,4,5,6);1H3;;;/q;-1;;;/p-1. The van der Waals surface area contributed by atoms with Crippen LogP contribution in [0.5, 0.6) is 0 Å². The van der Waals surface area contributed by atoms with Crippen LogP contribution in [-0.2, 0) is 72.3 Å². The van der Waals surface area contributed by atoms with Crippen molar-refractivity contribution in [2.75, 3.05) is 0 Å². The number of aromatic amines is 1. The summed E-state index contributed by atoms with van der Waals surface area (Å²) in [4.78, 5) is 6.38. The van der Waals surface area contributed by atoms with E-state index in [0.717, 1.165) is 0 Å². The molecule has 54 valence electrons. The molecule has 0 amide bonds. The minimum absolute atomic E-state index is 0. The van der Waals surface area contributed by atoms with Crippen LogP contribution in [0.25, 0.3) is 0 Å². The maximum atomic E-state index is 4.58. The Morgan fingerprint density at radius 2 is 2.00 bits per heavy atom. The predicted octanol–water partition coefficient (Wildman–Crippen LogP) is 1.14. The fourth-order valence-corrected chi connectivity index (χ4v) is 0.380. The fourth-order valence-electron chi connectivity index (χ4n) is 0.251. The van der Waals surface area contributed by atoms with Gasteiger partial charge in [-0.15, -0.1) is 0 Å². The van der Waals surface area contributed by atoms with Gasteiger partial charge in [-0.25, -0.2) is 0 Å². The van der Waals surface area contributed by atoms with E-state index in [1.807, 2.05) is 0 Å². The fraction of sp³-hybridized carbons (Fsp3) is 0. The van der Waals surface area contributed by atoms with E-state index in [1.165, 1.54) is 0 Å². The van der Waals surface area contributed by atoms with Gasteiger partial charge in [0.1, 0.15) is 0 Å². The van der Waals surface area contributed by atoms with Gasteiger partial charge in [0.05, 0.1) is 0 Å². The summed E-state index contributed by atoms with van der Waals surface area (Å²) >= 11 is 4.58. The smallest absolute Gasteiger partial charge is 0.00631 e. The number of rotatable bonds is 0. The Labute approximate surface area is 117 Å². The molecule has 6 heteroatoms. The van der Waals surface area contributed by atoms with E-state index >= 15 is 0 Å². The van der Waals surface area contributed by atoms with Gasteiger partial charge < -0.3 is 17.4 Å². The molecule has 0 aliphatic rings. The summed E-state index contributed by atoms with van der Waals surface area (Å²) in [6.07, 6.45) is 3.32. The zero-order valence-corrected chi connectivity index (χ0v) is 13.4. The normalized spacial score (nSPS) is 5.20. The number of H-pyrrole nitrogens is 1. The van der Waals surface area contributed by atoms with E-state index in [1.54, 1.807) is 12.4 Å². The number of nitrogens with zero attached hydrogens (tertiary/aromatic N) is 1. The molecule has 0 atom stereocenters. The SMILES string of the molecule is S=c1[n-]cc[nH]1.[CH3-].[V].[W].[Y]. The maximum Gasteiger partial charge on any atom is 0.00631 e. The number of imidazole rings is 1. The van der Waals surface area contributed by atoms with Crippen LogP contribution in [0.15, 0.2) is 12.4 Å². The van der Waals surface area contributed by atoms with Crippen molar-refractivity contribution >= 4 is 12.2 Å². The third-order valence-corrected chi connectivity index (χ3v) is 0.696. The summed E-state index contributed by atoms with van der Waals surface area (Å²) in [6.45, 7) is 0. The first-order valence-corrected chi connectivity index (χ1v) is 1.97. The van der Waals surface area contributed by atoms with Gasteiger partial charge in [-0.3, -0.25) is 0 Å². The zero-order valence-electron chi connectivity index (χ0n) is 5.44. The molecule has 1 aromatic heterocycles. The van der Waals surface area contributed by atoms with E-state index in [0.29, 0.717) is 4.77 Å². The Kier molecular flexibility index (Phi) is 30.3. The van der Waals surface area contributed by atoms with Crippen molar-refractivity contribution in [1.82, 2.24) is 9.97 Å². The number of hydrogen-bond acceptors (Lipinski definition) is 1. The van der Waals surface area contributed by atoms with Crippen molar-refractivity contribution in [2.24, 2.45) is 0 Å². The number of aromatic nitrogens is 2. The van der Waals surface area contributed by atoms with Crippen molar-refractivity contribution in [3.8, 4) is 0 Å². The number of nitrogens with one attached hydrogen (secondary N) is 1. The molecule has 0 aliphatic heterocycles. The van der Waals surface area contributed by atoms with Crippen LogP contribution in [0.1, 0.15) is 0 Å². The molecular formula is C4H6N2SVWY-2. The van der Waals surface area contributed by atoms with E-state index in [4.69, 9.17) is 0 Å². The molecule has 1 N–H and O–H groups in total. The van der Waals surface area contributed by atoms with Crippen molar-refractivity contribution in [2.45, 2.75) is 0 Å². The van der Waals surface area contributed by atoms with Crippen molar-refractivity contribution in [3.05, 3.63) is 24.6 Å². The van der Waals surface area contributed by atoms with Gasteiger partial charge in [0.25, 0.3) is 0 Å². The van der Waals surface area contributed by atoms with Gasteiger partial charge in [-0.2, -0.15) is 0 Å². The Morgan fingerprint density at radius 1 is 1.50 bits per heavy atom. The molecule has 0 bridgehead atoms. The van der Waals surface area contributed by atoms with Crippen LogP contribution >= 0.6 is 12.2 Å². The third kappa shape index (κ3) is 9.81.